The summed E-state index contributed by atoms with van der Waals surface area (Å²) >= 11 is 0. The minimum atomic E-state index is -0.598. The van der Waals surface area contributed by atoms with Crippen LogP contribution < -0.4 is 0 Å². The van der Waals surface area contributed by atoms with E-state index in [0.717, 1.165) is 0 Å². The minimum absolute atomic E-state index is 0.0119. The molecule has 2 aliphatic heterocycles. The maximum Gasteiger partial charge on any atom is 0.142 e. The number of ether oxygens (including phenoxy) is 3. The van der Waals surface area contributed by atoms with Crippen molar-refractivity contribution in [3.05, 3.63) is 0 Å². The second-order valence-electron chi connectivity index (χ2n) is 3.48. The quantitative estimate of drug-likeness (QED) is 0.495. The average Bonchev–Trinajstić information content (AvgIpc) is 2.56. The molecule has 2 aliphatic rings. The van der Waals surface area contributed by atoms with Gasteiger partial charge in [-0.15, -0.1) is 0 Å². The summed E-state index contributed by atoms with van der Waals surface area (Å²) in [6, 6.07) is 0.0239. The highest BCUT2D eigenvalue weighted by atomic mass is 16.7. The van der Waals surface area contributed by atoms with Gasteiger partial charge in [0.2, 0.25) is 0 Å². The number of hydrogen-bond donors (Lipinski definition) is 1. The third-order valence-corrected chi connectivity index (χ3v) is 2.74. The second-order valence-corrected chi connectivity index (χ2v) is 3.48. The van der Waals surface area contributed by atoms with Gasteiger partial charge >= 0.3 is 0 Å². The van der Waals surface area contributed by atoms with Gasteiger partial charge in [-0.2, -0.15) is 0 Å². The zero-order chi connectivity index (χ0) is 8.77. The van der Waals surface area contributed by atoms with E-state index in [1.54, 1.807) is 7.11 Å². The largest absolute Gasteiger partial charge is 0.393 e. The van der Waals surface area contributed by atoms with Crippen LogP contribution in [0.4, 0.5) is 0 Å². The Kier molecular flexibility index (Phi) is 1.91. The fourth-order valence-electron chi connectivity index (χ4n) is 2.15. The SMILES string of the molecule is BC1OC2(CO)COC1[C@H]2OC. The highest BCUT2D eigenvalue weighted by Gasteiger charge is 2.60. The van der Waals surface area contributed by atoms with Crippen LogP contribution in [0.3, 0.4) is 0 Å². The zero-order valence-corrected chi connectivity index (χ0v) is 7.32. The third kappa shape index (κ3) is 0.878. The lowest BCUT2D eigenvalue weighted by molar-refractivity contribution is -0.138. The lowest BCUT2D eigenvalue weighted by Crippen LogP contribution is -2.45. The van der Waals surface area contributed by atoms with Gasteiger partial charge in [-0.05, 0) is 0 Å². The van der Waals surface area contributed by atoms with Crippen LogP contribution in [0.25, 0.3) is 0 Å². The predicted molar refractivity (Wildman–Crippen MR) is 43.8 cm³/mol. The maximum atomic E-state index is 9.18. The predicted octanol–water partition coefficient (Wildman–Crippen LogP) is -1.88. The van der Waals surface area contributed by atoms with Crippen molar-refractivity contribution in [2.75, 3.05) is 20.3 Å². The van der Waals surface area contributed by atoms with Crippen LogP contribution in [-0.2, 0) is 14.2 Å². The van der Waals surface area contributed by atoms with Gasteiger partial charge in [0.15, 0.2) is 0 Å². The van der Waals surface area contributed by atoms with E-state index in [4.69, 9.17) is 14.2 Å². The Morgan fingerprint density at radius 3 is 2.92 bits per heavy atom. The first-order valence-corrected chi connectivity index (χ1v) is 4.16. The summed E-state index contributed by atoms with van der Waals surface area (Å²) < 4.78 is 16.3. The molecule has 0 amide bonds. The molecule has 2 bridgehead atoms. The molecule has 0 aliphatic carbocycles. The van der Waals surface area contributed by atoms with Crippen LogP contribution in [0.1, 0.15) is 0 Å². The van der Waals surface area contributed by atoms with Crippen LogP contribution in [0.15, 0.2) is 0 Å². The van der Waals surface area contributed by atoms with Gasteiger partial charge in [0.05, 0.1) is 19.2 Å². The van der Waals surface area contributed by atoms with Crippen LogP contribution >= 0.6 is 0 Å². The van der Waals surface area contributed by atoms with Crippen LogP contribution in [-0.4, -0.2) is 57.1 Å². The maximum absolute atomic E-state index is 9.18. The lowest BCUT2D eigenvalue weighted by atomic mass is 9.92. The van der Waals surface area contributed by atoms with E-state index in [1.165, 1.54) is 0 Å². The van der Waals surface area contributed by atoms with Crippen LogP contribution in [0.2, 0.25) is 0 Å². The van der Waals surface area contributed by atoms with Crippen molar-refractivity contribution in [3.63, 3.8) is 0 Å². The highest BCUT2D eigenvalue weighted by molar-refractivity contribution is 6.11. The molecule has 2 rings (SSSR count). The summed E-state index contributed by atoms with van der Waals surface area (Å²) in [5.41, 5.74) is -0.598. The molecule has 0 saturated carbocycles. The standard InChI is InChI=1S/C7H13BO4/c1-10-5-4-6(8)12-7(5,2-9)3-11-4/h4-6,9H,2-3,8H2,1H3/t4?,5-,6?,7?/m1/s1. The van der Waals surface area contributed by atoms with Gasteiger partial charge in [-0.3, -0.25) is 0 Å². The van der Waals surface area contributed by atoms with Crippen molar-refractivity contribution in [1.29, 1.82) is 0 Å². The van der Waals surface area contributed by atoms with Gasteiger partial charge in [0.25, 0.3) is 0 Å². The van der Waals surface area contributed by atoms with Crippen molar-refractivity contribution in [1.82, 2.24) is 0 Å². The molecular formula is C7H13BO4. The Hall–Kier alpha value is -0.0951. The Labute approximate surface area is 72.2 Å². The van der Waals surface area contributed by atoms with Gasteiger partial charge in [0, 0.05) is 7.11 Å². The molecule has 2 heterocycles. The molecule has 68 valence electrons. The monoisotopic (exact) mass is 172 g/mol. The van der Waals surface area contributed by atoms with Crippen LogP contribution in [0.5, 0.6) is 0 Å². The van der Waals surface area contributed by atoms with E-state index >= 15 is 0 Å². The highest BCUT2D eigenvalue weighted by Crippen LogP contribution is 2.40. The normalized spacial score (nSPS) is 51.7. The fraction of sp³-hybridized carbons (Fsp3) is 1.00. The second kappa shape index (κ2) is 2.70. The Balaban J connectivity index is 2.23. The molecule has 0 radical (unpaired) electrons. The molecule has 0 aromatic rings. The molecule has 0 aromatic heterocycles. The summed E-state index contributed by atoms with van der Waals surface area (Å²) in [4.78, 5) is 0. The van der Waals surface area contributed by atoms with Crippen molar-refractivity contribution < 1.29 is 19.3 Å². The first-order chi connectivity index (χ1) is 5.73. The van der Waals surface area contributed by atoms with E-state index < -0.39 is 5.60 Å². The molecular weight excluding hydrogens is 159 g/mol. The summed E-state index contributed by atoms with van der Waals surface area (Å²) in [7, 11) is 3.56. The van der Waals surface area contributed by atoms with E-state index in [0.29, 0.717) is 6.61 Å². The van der Waals surface area contributed by atoms with Crippen molar-refractivity contribution in [2.24, 2.45) is 0 Å². The molecule has 12 heavy (non-hydrogen) atoms. The topological polar surface area (TPSA) is 47.9 Å². The Morgan fingerprint density at radius 2 is 2.50 bits per heavy atom. The fourth-order valence-corrected chi connectivity index (χ4v) is 2.15. The van der Waals surface area contributed by atoms with Gasteiger partial charge < -0.3 is 19.3 Å². The van der Waals surface area contributed by atoms with Crippen molar-refractivity contribution in [3.8, 4) is 0 Å². The van der Waals surface area contributed by atoms with E-state index in [9.17, 15) is 5.11 Å². The zero-order valence-electron chi connectivity index (χ0n) is 7.32. The lowest BCUT2D eigenvalue weighted by Gasteiger charge is -2.27. The molecule has 0 spiro atoms. The number of aliphatic hydroxyl groups excluding tert-OH is 1. The van der Waals surface area contributed by atoms with Gasteiger partial charge in [-0.25, -0.2) is 0 Å². The number of methoxy groups -OCH3 is 1. The third-order valence-electron chi connectivity index (χ3n) is 2.74. The molecule has 2 fully saturated rings. The first kappa shape index (κ1) is 8.50. The number of aliphatic hydroxyl groups is 1. The molecule has 2 saturated heterocycles. The summed E-state index contributed by atoms with van der Waals surface area (Å²) in [5, 5.41) is 9.18. The van der Waals surface area contributed by atoms with Gasteiger partial charge in [0.1, 0.15) is 25.7 Å². The molecule has 4 nitrogen and oxygen atoms in total. The summed E-state index contributed by atoms with van der Waals surface area (Å²) in [6.45, 7) is 0.406. The van der Waals surface area contributed by atoms with Crippen LogP contribution in [0, 0.1) is 0 Å². The van der Waals surface area contributed by atoms with E-state index in [2.05, 4.69) is 0 Å². The summed E-state index contributed by atoms with van der Waals surface area (Å²) in [5.74, 6) is 0. The number of fused-ring (bicyclic) bond motifs is 2. The van der Waals surface area contributed by atoms with Crippen molar-refractivity contribution >= 4 is 7.85 Å². The molecule has 1 N–H and O–H groups in total. The number of rotatable bonds is 2. The molecule has 4 atom stereocenters. The van der Waals surface area contributed by atoms with Crippen molar-refractivity contribution in [2.45, 2.75) is 23.8 Å². The smallest absolute Gasteiger partial charge is 0.142 e. The van der Waals surface area contributed by atoms with E-state index in [-0.39, 0.29) is 24.8 Å². The van der Waals surface area contributed by atoms with Gasteiger partial charge in [-0.1, -0.05) is 0 Å². The molecule has 5 heteroatoms. The first-order valence-electron chi connectivity index (χ1n) is 4.16. The Bertz CT molecular complexity index is 188. The number of hydrogen-bond acceptors (Lipinski definition) is 4. The summed E-state index contributed by atoms with van der Waals surface area (Å²) in [6.07, 6.45) is -0.125. The van der Waals surface area contributed by atoms with E-state index in [1.807, 2.05) is 7.85 Å². The molecule has 3 unspecified atom stereocenters. The molecule has 0 aromatic carbocycles. The minimum Gasteiger partial charge on any atom is -0.393 e. The Morgan fingerprint density at radius 1 is 1.75 bits per heavy atom. The average molecular weight is 172 g/mol.